The van der Waals surface area contributed by atoms with E-state index in [1.807, 2.05) is 0 Å². The van der Waals surface area contributed by atoms with E-state index in [2.05, 4.69) is 0 Å². The maximum atomic E-state index is 14.1. The van der Waals surface area contributed by atoms with E-state index < -0.39 is 52.8 Å². The molecule has 0 aromatic heterocycles. The highest BCUT2D eigenvalue weighted by molar-refractivity contribution is 5.73. The van der Waals surface area contributed by atoms with E-state index in [-0.39, 0.29) is 19.4 Å². The largest absolute Gasteiger partial charge is 0.460 e. The molecular weight excluding hydrogens is 369 g/mol. The summed E-state index contributed by atoms with van der Waals surface area (Å²) < 4.78 is 117. The van der Waals surface area contributed by atoms with Gasteiger partial charge in [-0.15, -0.1) is 0 Å². The van der Waals surface area contributed by atoms with Gasteiger partial charge in [-0.2, -0.15) is 39.5 Å². The first-order valence-corrected chi connectivity index (χ1v) is 7.65. The Kier molecular flexibility index (Phi) is 5.56. The zero-order valence-electron chi connectivity index (χ0n) is 13.7. The average molecular weight is 388 g/mol. The summed E-state index contributed by atoms with van der Waals surface area (Å²) in [7, 11) is 0. The highest BCUT2D eigenvalue weighted by atomic mass is 19.4. The first-order valence-electron chi connectivity index (χ1n) is 7.65. The maximum absolute atomic E-state index is 14.1. The Morgan fingerprint density at radius 1 is 1.00 bits per heavy atom. The topological polar surface area (TPSA) is 17.1 Å². The number of rotatable bonds is 7. The molecule has 2 nitrogen and oxygen atoms in total. The van der Waals surface area contributed by atoms with E-state index in [4.69, 9.17) is 0 Å². The van der Waals surface area contributed by atoms with E-state index in [1.54, 1.807) is 0 Å². The van der Waals surface area contributed by atoms with Crippen molar-refractivity contribution in [2.45, 2.75) is 63.6 Å². The normalized spacial score (nSPS) is 26.5. The number of carbonyl (C=O) groups is 1. The lowest BCUT2D eigenvalue weighted by Gasteiger charge is -2.34. The third-order valence-electron chi connectivity index (χ3n) is 4.64. The van der Waals surface area contributed by atoms with Gasteiger partial charge in [0, 0.05) is 0 Å². The van der Waals surface area contributed by atoms with Crippen LogP contribution in [-0.2, 0) is 4.79 Å². The number of quaternary nitrogens is 1. The second-order valence-corrected chi connectivity index (χ2v) is 6.37. The van der Waals surface area contributed by atoms with Gasteiger partial charge in [-0.1, -0.05) is 13.8 Å². The van der Waals surface area contributed by atoms with Crippen LogP contribution in [0, 0.1) is 5.92 Å². The van der Waals surface area contributed by atoms with Crippen molar-refractivity contribution in [2.75, 3.05) is 13.1 Å². The van der Waals surface area contributed by atoms with Crippen LogP contribution in [0.2, 0.25) is 0 Å². The Hall–Kier alpha value is -1.00. The molecule has 1 amide bonds. The molecular formula is C14H19F9NO+. The Labute approximate surface area is 138 Å². The van der Waals surface area contributed by atoms with Gasteiger partial charge in [0.1, 0.15) is 6.54 Å². The van der Waals surface area contributed by atoms with Crippen molar-refractivity contribution in [1.82, 2.24) is 0 Å². The molecule has 0 aromatic rings. The predicted molar refractivity (Wildman–Crippen MR) is 69.4 cm³/mol. The SMILES string of the molecule is CCC[N+]1(C(=O)C(C)CC)CC1C(F)(F)C(F)(F)C(F)(F)C(F)(F)F. The summed E-state index contributed by atoms with van der Waals surface area (Å²) in [4.78, 5) is 12.3. The summed E-state index contributed by atoms with van der Waals surface area (Å²) >= 11 is 0. The van der Waals surface area contributed by atoms with Gasteiger partial charge >= 0.3 is 29.9 Å². The molecule has 3 atom stereocenters. The average Bonchev–Trinajstić information content (AvgIpc) is 3.20. The van der Waals surface area contributed by atoms with Crippen LogP contribution < -0.4 is 0 Å². The van der Waals surface area contributed by atoms with Gasteiger partial charge in [0.25, 0.3) is 0 Å². The number of carbonyl (C=O) groups excluding carboxylic acids is 1. The van der Waals surface area contributed by atoms with Gasteiger partial charge in [-0.3, -0.25) is 0 Å². The lowest BCUT2D eigenvalue weighted by atomic mass is 10.00. The van der Waals surface area contributed by atoms with Crippen LogP contribution in [-0.4, -0.2) is 53.5 Å². The Morgan fingerprint density at radius 2 is 1.48 bits per heavy atom. The number of nitrogens with zero attached hydrogens (tertiary/aromatic N) is 1. The van der Waals surface area contributed by atoms with Crippen LogP contribution in [0.1, 0.15) is 33.6 Å². The molecule has 0 aromatic carbocycles. The highest BCUT2D eigenvalue weighted by Crippen LogP contribution is 2.58. The van der Waals surface area contributed by atoms with Crippen molar-refractivity contribution in [3.05, 3.63) is 0 Å². The summed E-state index contributed by atoms with van der Waals surface area (Å²) in [6, 6.07) is -2.61. The molecule has 1 fully saturated rings. The molecule has 1 heterocycles. The Bertz CT molecular complexity index is 517. The lowest BCUT2D eigenvalue weighted by Crippen LogP contribution is -2.64. The summed E-state index contributed by atoms with van der Waals surface area (Å²) in [5.74, 6) is -21.0. The number of amides is 1. The molecule has 11 heteroatoms. The highest BCUT2D eigenvalue weighted by Gasteiger charge is 2.89. The molecule has 1 aliphatic rings. The minimum absolute atomic E-state index is 0.0932. The van der Waals surface area contributed by atoms with Crippen LogP contribution in [0.3, 0.4) is 0 Å². The molecule has 1 saturated heterocycles. The second-order valence-electron chi connectivity index (χ2n) is 6.37. The molecule has 0 N–H and O–H groups in total. The van der Waals surface area contributed by atoms with Gasteiger partial charge in [-0.05, 0) is 19.8 Å². The zero-order chi connectivity index (χ0) is 20.1. The number of hydrogen-bond donors (Lipinski definition) is 0. The Morgan fingerprint density at radius 3 is 1.84 bits per heavy atom. The minimum atomic E-state index is -6.92. The molecule has 148 valence electrons. The first-order chi connectivity index (χ1) is 11.0. The van der Waals surface area contributed by atoms with Crippen molar-refractivity contribution >= 4 is 5.91 Å². The first kappa shape index (κ1) is 22.0. The van der Waals surface area contributed by atoms with Crippen LogP contribution in [0.4, 0.5) is 39.5 Å². The number of alkyl halides is 9. The molecule has 0 bridgehead atoms. The molecule has 0 aliphatic carbocycles. The van der Waals surface area contributed by atoms with Crippen LogP contribution in [0.25, 0.3) is 0 Å². The molecule has 1 rings (SSSR count). The third kappa shape index (κ3) is 3.12. The van der Waals surface area contributed by atoms with E-state index in [0.29, 0.717) is 0 Å². The number of halogens is 9. The standard InChI is InChI=1S/C14H19F9NO/c1-4-6-24(10(25)8(3)5-2)7-9(24)11(15,16)12(17,18)13(19,20)14(21,22)23/h8-9H,4-7H2,1-3H3/q+1. The van der Waals surface area contributed by atoms with Crippen molar-refractivity contribution in [1.29, 1.82) is 0 Å². The van der Waals surface area contributed by atoms with Gasteiger partial charge in [0.2, 0.25) is 6.04 Å². The van der Waals surface area contributed by atoms with Crippen molar-refractivity contribution in [3.63, 3.8) is 0 Å². The van der Waals surface area contributed by atoms with E-state index in [9.17, 15) is 44.3 Å². The van der Waals surface area contributed by atoms with Crippen LogP contribution in [0.15, 0.2) is 0 Å². The maximum Gasteiger partial charge on any atom is 0.460 e. The Balaban J connectivity index is 3.28. The quantitative estimate of drug-likeness (QED) is 0.353. The monoisotopic (exact) mass is 388 g/mol. The predicted octanol–water partition coefficient (Wildman–Crippen LogP) is 4.64. The molecule has 0 spiro atoms. The summed E-state index contributed by atoms with van der Waals surface area (Å²) in [6.07, 6.45) is -6.57. The summed E-state index contributed by atoms with van der Waals surface area (Å²) in [5.41, 5.74) is 0. The van der Waals surface area contributed by atoms with Crippen LogP contribution >= 0.6 is 0 Å². The van der Waals surface area contributed by atoms with Gasteiger partial charge < -0.3 is 0 Å². The number of hydrogen-bond acceptors (Lipinski definition) is 1. The molecule has 0 saturated carbocycles. The molecule has 3 unspecified atom stereocenters. The smallest absolute Gasteiger partial charge is 0.243 e. The second kappa shape index (κ2) is 6.31. The fourth-order valence-electron chi connectivity index (χ4n) is 2.90. The minimum Gasteiger partial charge on any atom is -0.243 e. The van der Waals surface area contributed by atoms with E-state index in [1.165, 1.54) is 20.8 Å². The fraction of sp³-hybridized carbons (Fsp3) is 0.929. The van der Waals surface area contributed by atoms with Gasteiger partial charge in [0.05, 0.1) is 12.5 Å². The summed E-state index contributed by atoms with van der Waals surface area (Å²) in [5, 5.41) is 0. The van der Waals surface area contributed by atoms with Gasteiger partial charge in [-0.25, -0.2) is 9.28 Å². The lowest BCUT2D eigenvalue weighted by molar-refractivity contribution is -0.746. The molecule has 1 aliphatic heterocycles. The molecule has 25 heavy (non-hydrogen) atoms. The van der Waals surface area contributed by atoms with Crippen molar-refractivity contribution < 1.29 is 48.8 Å². The van der Waals surface area contributed by atoms with E-state index >= 15 is 0 Å². The van der Waals surface area contributed by atoms with E-state index in [0.717, 1.165) is 0 Å². The van der Waals surface area contributed by atoms with Crippen LogP contribution in [0.5, 0.6) is 0 Å². The fourth-order valence-corrected chi connectivity index (χ4v) is 2.90. The zero-order valence-corrected chi connectivity index (χ0v) is 13.7. The third-order valence-corrected chi connectivity index (χ3v) is 4.64. The van der Waals surface area contributed by atoms with Gasteiger partial charge in [0.15, 0.2) is 0 Å². The van der Waals surface area contributed by atoms with Crippen molar-refractivity contribution in [3.8, 4) is 0 Å². The summed E-state index contributed by atoms with van der Waals surface area (Å²) in [6.45, 7) is 3.12. The van der Waals surface area contributed by atoms with Crippen molar-refractivity contribution in [2.24, 2.45) is 5.92 Å². The molecule has 0 radical (unpaired) electrons.